The number of aromatic nitrogens is 2. The molecule has 3 unspecified atom stereocenters. The summed E-state index contributed by atoms with van der Waals surface area (Å²) in [5, 5.41) is 3.29. The second-order valence-electron chi connectivity index (χ2n) is 5.37. The molecule has 3 atom stereocenters. The average Bonchev–Trinajstić information content (AvgIpc) is 2.45. The van der Waals surface area contributed by atoms with Crippen LogP contribution in [0.3, 0.4) is 0 Å². The van der Waals surface area contributed by atoms with Gasteiger partial charge in [0.1, 0.15) is 6.33 Å². The Hall–Kier alpha value is -1.17. The molecule has 6 heteroatoms. The molecule has 1 aliphatic rings. The van der Waals surface area contributed by atoms with Crippen molar-refractivity contribution < 1.29 is 13.2 Å². The molecule has 3 nitrogen and oxygen atoms in total. The van der Waals surface area contributed by atoms with Crippen molar-refractivity contribution in [1.29, 1.82) is 0 Å². The lowest BCUT2D eigenvalue weighted by atomic mass is 9.76. The van der Waals surface area contributed by atoms with Crippen LogP contribution in [0.2, 0.25) is 0 Å². The van der Waals surface area contributed by atoms with Gasteiger partial charge in [-0.2, -0.15) is 13.2 Å². The number of rotatable bonds is 4. The van der Waals surface area contributed by atoms with E-state index >= 15 is 0 Å². The first-order valence-corrected chi connectivity index (χ1v) is 7.07. The Morgan fingerprint density at radius 3 is 2.60 bits per heavy atom. The predicted molar refractivity (Wildman–Crippen MR) is 70.0 cm³/mol. The highest BCUT2D eigenvalue weighted by molar-refractivity contribution is 5.11. The maximum absolute atomic E-state index is 12.9. The van der Waals surface area contributed by atoms with Gasteiger partial charge in [-0.15, -0.1) is 0 Å². The molecule has 1 aromatic heterocycles. The summed E-state index contributed by atoms with van der Waals surface area (Å²) < 4.78 is 38.8. The molecular weight excluding hydrogens is 267 g/mol. The summed E-state index contributed by atoms with van der Waals surface area (Å²) in [6.07, 6.45) is 2.63. The third-order valence-corrected chi connectivity index (χ3v) is 4.01. The van der Waals surface area contributed by atoms with Crippen LogP contribution in [0.5, 0.6) is 0 Å². The van der Waals surface area contributed by atoms with E-state index < -0.39 is 12.1 Å². The Morgan fingerprint density at radius 2 is 2.00 bits per heavy atom. The fourth-order valence-electron chi connectivity index (χ4n) is 3.08. The summed E-state index contributed by atoms with van der Waals surface area (Å²) in [4.78, 5) is 7.95. The van der Waals surface area contributed by atoms with Crippen molar-refractivity contribution in [2.75, 3.05) is 6.54 Å². The van der Waals surface area contributed by atoms with E-state index in [1.807, 2.05) is 6.92 Å². The maximum atomic E-state index is 12.9. The quantitative estimate of drug-likeness (QED) is 0.921. The zero-order valence-corrected chi connectivity index (χ0v) is 11.5. The van der Waals surface area contributed by atoms with Crippen LogP contribution in [-0.4, -0.2) is 22.7 Å². The van der Waals surface area contributed by atoms with Gasteiger partial charge < -0.3 is 5.32 Å². The summed E-state index contributed by atoms with van der Waals surface area (Å²) in [6.45, 7) is 2.67. The van der Waals surface area contributed by atoms with Crippen LogP contribution in [0.1, 0.15) is 44.2 Å². The summed E-state index contributed by atoms with van der Waals surface area (Å²) in [6, 6.07) is -0.0913. The van der Waals surface area contributed by atoms with Crippen molar-refractivity contribution >= 4 is 0 Å². The molecule has 1 saturated carbocycles. The molecule has 2 rings (SSSR count). The van der Waals surface area contributed by atoms with Crippen LogP contribution in [0.4, 0.5) is 13.2 Å². The molecule has 0 saturated heterocycles. The highest BCUT2D eigenvalue weighted by atomic mass is 19.4. The second kappa shape index (κ2) is 6.52. The minimum atomic E-state index is -4.08. The monoisotopic (exact) mass is 287 g/mol. The van der Waals surface area contributed by atoms with Gasteiger partial charge in [0.05, 0.1) is 5.92 Å². The van der Waals surface area contributed by atoms with E-state index in [1.54, 1.807) is 12.4 Å². The van der Waals surface area contributed by atoms with Gasteiger partial charge in [0, 0.05) is 24.0 Å². The van der Waals surface area contributed by atoms with E-state index in [2.05, 4.69) is 15.3 Å². The normalized spacial score (nSPS) is 25.4. The molecular formula is C14H20F3N3. The van der Waals surface area contributed by atoms with E-state index in [-0.39, 0.29) is 24.8 Å². The van der Waals surface area contributed by atoms with E-state index in [1.165, 1.54) is 6.33 Å². The Balaban J connectivity index is 2.13. The lowest BCUT2D eigenvalue weighted by molar-refractivity contribution is -0.186. The Kier molecular flexibility index (Phi) is 4.96. The van der Waals surface area contributed by atoms with E-state index in [4.69, 9.17) is 0 Å². The molecule has 20 heavy (non-hydrogen) atoms. The predicted octanol–water partition coefficient (Wildman–Crippen LogP) is 3.50. The molecule has 0 aromatic carbocycles. The molecule has 1 aliphatic carbocycles. The van der Waals surface area contributed by atoms with Crippen molar-refractivity contribution in [3.05, 3.63) is 24.3 Å². The number of nitrogens with zero attached hydrogens (tertiary/aromatic N) is 2. The lowest BCUT2D eigenvalue weighted by Gasteiger charge is -2.35. The molecule has 0 spiro atoms. The van der Waals surface area contributed by atoms with Gasteiger partial charge in [0.2, 0.25) is 0 Å². The average molecular weight is 287 g/mol. The summed E-state index contributed by atoms with van der Waals surface area (Å²) in [5.41, 5.74) is 0.877. The third-order valence-electron chi connectivity index (χ3n) is 4.01. The van der Waals surface area contributed by atoms with E-state index in [0.717, 1.165) is 12.0 Å². The van der Waals surface area contributed by atoms with Gasteiger partial charge in [-0.1, -0.05) is 13.3 Å². The Morgan fingerprint density at radius 1 is 1.30 bits per heavy atom. The number of hydrogen-bond acceptors (Lipinski definition) is 3. The molecule has 112 valence electrons. The molecule has 1 fully saturated rings. The highest BCUT2D eigenvalue weighted by Gasteiger charge is 2.43. The van der Waals surface area contributed by atoms with E-state index in [9.17, 15) is 13.2 Å². The van der Waals surface area contributed by atoms with Gasteiger partial charge in [-0.3, -0.25) is 0 Å². The fraction of sp³-hybridized carbons (Fsp3) is 0.714. The number of hydrogen-bond donors (Lipinski definition) is 1. The van der Waals surface area contributed by atoms with Gasteiger partial charge in [0.15, 0.2) is 0 Å². The van der Waals surface area contributed by atoms with Crippen LogP contribution in [0, 0.1) is 11.8 Å². The number of alkyl halides is 3. The third kappa shape index (κ3) is 3.69. The highest BCUT2D eigenvalue weighted by Crippen LogP contribution is 2.43. The Labute approximate surface area is 117 Å². The lowest BCUT2D eigenvalue weighted by Crippen LogP contribution is -2.35. The molecule has 1 heterocycles. The zero-order chi connectivity index (χ0) is 14.6. The van der Waals surface area contributed by atoms with Crippen molar-refractivity contribution in [2.45, 2.75) is 44.8 Å². The van der Waals surface area contributed by atoms with Crippen molar-refractivity contribution in [3.63, 3.8) is 0 Å². The van der Waals surface area contributed by atoms with Crippen LogP contribution in [0.25, 0.3) is 0 Å². The molecule has 0 bridgehead atoms. The van der Waals surface area contributed by atoms with Gasteiger partial charge in [-0.25, -0.2) is 9.97 Å². The molecule has 0 amide bonds. The number of halogens is 3. The summed E-state index contributed by atoms with van der Waals surface area (Å²) in [7, 11) is 0. The van der Waals surface area contributed by atoms with Gasteiger partial charge in [0.25, 0.3) is 0 Å². The first-order chi connectivity index (χ1) is 9.52. The van der Waals surface area contributed by atoms with Crippen LogP contribution < -0.4 is 5.32 Å². The Bertz CT molecular complexity index is 408. The van der Waals surface area contributed by atoms with Crippen molar-refractivity contribution in [1.82, 2.24) is 15.3 Å². The minimum Gasteiger partial charge on any atom is -0.310 e. The van der Waals surface area contributed by atoms with Crippen molar-refractivity contribution in [2.24, 2.45) is 11.8 Å². The SMILES string of the molecule is CCNC(c1cncnc1)C1CCCC(C(F)(F)F)C1. The summed E-state index contributed by atoms with van der Waals surface area (Å²) >= 11 is 0. The topological polar surface area (TPSA) is 37.8 Å². The van der Waals surface area contributed by atoms with Gasteiger partial charge >= 0.3 is 6.18 Å². The first kappa shape index (κ1) is 15.2. The van der Waals surface area contributed by atoms with Crippen molar-refractivity contribution in [3.8, 4) is 0 Å². The second-order valence-corrected chi connectivity index (χ2v) is 5.37. The molecule has 1 aromatic rings. The zero-order valence-electron chi connectivity index (χ0n) is 11.5. The molecule has 1 N–H and O–H groups in total. The standard InChI is InChI=1S/C14H20F3N3/c1-2-20-13(11-7-18-9-19-8-11)10-4-3-5-12(6-10)14(15,16)17/h7-10,12-13,20H,2-6H2,1H3. The van der Waals surface area contributed by atoms with E-state index in [0.29, 0.717) is 13.0 Å². The van der Waals surface area contributed by atoms with Crippen LogP contribution in [-0.2, 0) is 0 Å². The maximum Gasteiger partial charge on any atom is 0.391 e. The molecule has 0 aliphatic heterocycles. The minimum absolute atomic E-state index is 0.0127. The fourth-order valence-corrected chi connectivity index (χ4v) is 3.08. The van der Waals surface area contributed by atoms with Gasteiger partial charge in [-0.05, 0) is 31.7 Å². The smallest absolute Gasteiger partial charge is 0.310 e. The number of nitrogens with one attached hydrogen (secondary N) is 1. The first-order valence-electron chi connectivity index (χ1n) is 7.07. The molecule has 0 radical (unpaired) electrons. The largest absolute Gasteiger partial charge is 0.391 e. The summed E-state index contributed by atoms with van der Waals surface area (Å²) in [5.74, 6) is -1.19. The van der Waals surface area contributed by atoms with Crippen LogP contribution in [0.15, 0.2) is 18.7 Å². The van der Waals surface area contributed by atoms with Crippen LogP contribution >= 0.6 is 0 Å².